The minimum absolute atomic E-state index is 0.664. The van der Waals surface area contributed by atoms with Gasteiger partial charge in [-0.2, -0.15) is 5.10 Å². The van der Waals surface area contributed by atoms with Crippen LogP contribution in [-0.4, -0.2) is 42.8 Å². The van der Waals surface area contributed by atoms with Gasteiger partial charge in [0, 0.05) is 44.1 Å². The summed E-state index contributed by atoms with van der Waals surface area (Å²) in [7, 11) is 1.69. The van der Waals surface area contributed by atoms with Crippen molar-refractivity contribution < 1.29 is 9.47 Å². The summed E-state index contributed by atoms with van der Waals surface area (Å²) in [5.41, 5.74) is 3.79. The van der Waals surface area contributed by atoms with Crippen molar-refractivity contribution in [2.45, 2.75) is 52.2 Å². The Bertz CT molecular complexity index is 413. The second-order valence-corrected chi connectivity index (χ2v) is 5.49. The quantitative estimate of drug-likeness (QED) is 0.664. The van der Waals surface area contributed by atoms with Crippen LogP contribution in [0.1, 0.15) is 36.2 Å². The molecule has 1 fully saturated rings. The van der Waals surface area contributed by atoms with E-state index in [0.717, 1.165) is 37.9 Å². The molecule has 114 valence electrons. The smallest absolute Gasteiger partial charge is 0.0700 e. The molecule has 1 aromatic heterocycles. The zero-order chi connectivity index (χ0) is 14.4. The largest absolute Gasteiger partial charge is 0.382 e. The molecule has 0 amide bonds. The Balaban J connectivity index is 1.74. The summed E-state index contributed by atoms with van der Waals surface area (Å²) < 4.78 is 12.5. The first-order valence-electron chi connectivity index (χ1n) is 7.55. The van der Waals surface area contributed by atoms with E-state index in [4.69, 9.17) is 9.47 Å². The lowest BCUT2D eigenvalue weighted by atomic mass is 10.2. The van der Waals surface area contributed by atoms with Crippen LogP contribution in [0, 0.1) is 13.8 Å². The van der Waals surface area contributed by atoms with Crippen LogP contribution in [0.3, 0.4) is 0 Å². The Morgan fingerprint density at radius 3 is 2.75 bits per heavy atom. The molecule has 0 aliphatic heterocycles. The maximum atomic E-state index is 5.48. The predicted octanol–water partition coefficient (Wildman–Crippen LogP) is 1.81. The minimum Gasteiger partial charge on any atom is -0.382 e. The number of hydrogen-bond acceptors (Lipinski definition) is 4. The first kappa shape index (κ1) is 15.5. The zero-order valence-corrected chi connectivity index (χ0v) is 12.9. The standard InChI is InChI=1S/C15H27N3O2/c1-12-15(11-16-14-5-6-14)13(2)18(17-12)7-4-8-20-10-9-19-3/h14,16H,4-11H2,1-3H3. The van der Waals surface area contributed by atoms with E-state index in [2.05, 4.69) is 28.9 Å². The highest BCUT2D eigenvalue weighted by atomic mass is 16.5. The van der Waals surface area contributed by atoms with Crippen molar-refractivity contribution >= 4 is 0 Å². The molecule has 0 saturated heterocycles. The van der Waals surface area contributed by atoms with Gasteiger partial charge in [0.1, 0.15) is 0 Å². The Morgan fingerprint density at radius 2 is 2.05 bits per heavy atom. The van der Waals surface area contributed by atoms with Crippen LogP contribution in [0.2, 0.25) is 0 Å². The monoisotopic (exact) mass is 281 g/mol. The molecule has 0 spiro atoms. The first-order valence-corrected chi connectivity index (χ1v) is 7.55. The average Bonchev–Trinajstić information content (AvgIpc) is 3.21. The number of nitrogens with zero attached hydrogens (tertiary/aromatic N) is 2. The molecule has 1 aromatic rings. The van der Waals surface area contributed by atoms with Crippen molar-refractivity contribution in [3.8, 4) is 0 Å². The Morgan fingerprint density at radius 1 is 1.25 bits per heavy atom. The van der Waals surface area contributed by atoms with Crippen molar-refractivity contribution in [1.82, 2.24) is 15.1 Å². The molecule has 1 N–H and O–H groups in total. The zero-order valence-electron chi connectivity index (χ0n) is 12.9. The second-order valence-electron chi connectivity index (χ2n) is 5.49. The van der Waals surface area contributed by atoms with E-state index in [1.165, 1.54) is 24.1 Å². The van der Waals surface area contributed by atoms with Gasteiger partial charge < -0.3 is 14.8 Å². The highest BCUT2D eigenvalue weighted by Gasteiger charge is 2.21. The molecule has 2 rings (SSSR count). The van der Waals surface area contributed by atoms with E-state index in [1.807, 2.05) is 0 Å². The van der Waals surface area contributed by atoms with Gasteiger partial charge in [0.2, 0.25) is 0 Å². The topological polar surface area (TPSA) is 48.3 Å². The van der Waals surface area contributed by atoms with Gasteiger partial charge in [-0.05, 0) is 33.1 Å². The molecule has 0 atom stereocenters. The van der Waals surface area contributed by atoms with E-state index < -0.39 is 0 Å². The first-order chi connectivity index (χ1) is 9.72. The van der Waals surface area contributed by atoms with Gasteiger partial charge in [-0.1, -0.05) is 0 Å². The van der Waals surface area contributed by atoms with E-state index in [9.17, 15) is 0 Å². The van der Waals surface area contributed by atoms with Crippen molar-refractivity contribution in [1.29, 1.82) is 0 Å². The summed E-state index contributed by atoms with van der Waals surface area (Å²) in [5, 5.41) is 8.21. The number of rotatable bonds is 10. The average molecular weight is 281 g/mol. The van der Waals surface area contributed by atoms with Gasteiger partial charge in [-0.25, -0.2) is 0 Å². The van der Waals surface area contributed by atoms with Gasteiger partial charge in [0.05, 0.1) is 18.9 Å². The number of aryl methyl sites for hydroxylation is 2. The van der Waals surface area contributed by atoms with Gasteiger partial charge in [0.25, 0.3) is 0 Å². The van der Waals surface area contributed by atoms with Crippen LogP contribution < -0.4 is 5.32 Å². The molecule has 0 aromatic carbocycles. The maximum absolute atomic E-state index is 5.48. The molecule has 0 unspecified atom stereocenters. The Labute approximate surface area is 121 Å². The third kappa shape index (κ3) is 4.58. The Kier molecular flexibility index (Phi) is 6.01. The van der Waals surface area contributed by atoms with E-state index in [-0.39, 0.29) is 0 Å². The van der Waals surface area contributed by atoms with E-state index >= 15 is 0 Å². The highest BCUT2D eigenvalue weighted by Crippen LogP contribution is 2.21. The molecule has 0 bridgehead atoms. The van der Waals surface area contributed by atoms with Crippen LogP contribution in [0.5, 0.6) is 0 Å². The molecule has 1 heterocycles. The highest BCUT2D eigenvalue weighted by molar-refractivity contribution is 5.24. The summed E-state index contributed by atoms with van der Waals surface area (Å²) in [4.78, 5) is 0. The lowest BCUT2D eigenvalue weighted by Crippen LogP contribution is -2.16. The van der Waals surface area contributed by atoms with Gasteiger partial charge in [-0.15, -0.1) is 0 Å². The number of methoxy groups -OCH3 is 1. The van der Waals surface area contributed by atoms with Gasteiger partial charge >= 0.3 is 0 Å². The number of hydrogen-bond donors (Lipinski definition) is 1. The summed E-state index contributed by atoms with van der Waals surface area (Å²) in [6, 6.07) is 0.742. The maximum Gasteiger partial charge on any atom is 0.0700 e. The number of nitrogens with one attached hydrogen (secondary N) is 1. The predicted molar refractivity (Wildman–Crippen MR) is 78.9 cm³/mol. The van der Waals surface area contributed by atoms with Crippen LogP contribution in [-0.2, 0) is 22.6 Å². The molecule has 1 aliphatic rings. The molecular weight excluding hydrogens is 254 g/mol. The third-order valence-corrected chi connectivity index (χ3v) is 3.77. The molecular formula is C15H27N3O2. The van der Waals surface area contributed by atoms with Crippen LogP contribution >= 0.6 is 0 Å². The summed E-state index contributed by atoms with van der Waals surface area (Å²) >= 11 is 0. The third-order valence-electron chi connectivity index (χ3n) is 3.77. The molecule has 5 heteroatoms. The molecule has 1 saturated carbocycles. The molecule has 1 aliphatic carbocycles. The van der Waals surface area contributed by atoms with Crippen molar-refractivity contribution in [2.24, 2.45) is 0 Å². The summed E-state index contributed by atoms with van der Waals surface area (Å²) in [5.74, 6) is 0. The fourth-order valence-electron chi connectivity index (χ4n) is 2.30. The normalized spacial score (nSPS) is 14.9. The Hall–Kier alpha value is -0.910. The summed E-state index contributed by atoms with van der Waals surface area (Å²) in [6.07, 6.45) is 3.64. The fourth-order valence-corrected chi connectivity index (χ4v) is 2.30. The molecule has 20 heavy (non-hydrogen) atoms. The SMILES string of the molecule is COCCOCCCn1nc(C)c(CNC2CC2)c1C. The lowest BCUT2D eigenvalue weighted by Gasteiger charge is -2.07. The van der Waals surface area contributed by atoms with Gasteiger partial charge in [0.15, 0.2) is 0 Å². The second kappa shape index (κ2) is 7.76. The molecule has 0 radical (unpaired) electrons. The summed E-state index contributed by atoms with van der Waals surface area (Å²) in [6.45, 7) is 8.23. The van der Waals surface area contributed by atoms with Crippen LogP contribution in [0.25, 0.3) is 0 Å². The number of aromatic nitrogens is 2. The van der Waals surface area contributed by atoms with Crippen molar-refractivity contribution in [3.63, 3.8) is 0 Å². The molecule has 5 nitrogen and oxygen atoms in total. The minimum atomic E-state index is 0.664. The number of ether oxygens (including phenoxy) is 2. The van der Waals surface area contributed by atoms with Crippen molar-refractivity contribution in [3.05, 3.63) is 17.0 Å². The lowest BCUT2D eigenvalue weighted by molar-refractivity contribution is 0.0676. The van der Waals surface area contributed by atoms with Crippen LogP contribution in [0.4, 0.5) is 0 Å². The fraction of sp³-hybridized carbons (Fsp3) is 0.800. The van der Waals surface area contributed by atoms with E-state index in [1.54, 1.807) is 7.11 Å². The van der Waals surface area contributed by atoms with Gasteiger partial charge in [-0.3, -0.25) is 4.68 Å². The van der Waals surface area contributed by atoms with E-state index in [0.29, 0.717) is 13.2 Å². The van der Waals surface area contributed by atoms with Crippen molar-refractivity contribution in [2.75, 3.05) is 26.9 Å². The van der Waals surface area contributed by atoms with Crippen LogP contribution in [0.15, 0.2) is 0 Å².